The zero-order valence-corrected chi connectivity index (χ0v) is 16.6. The molecule has 0 bridgehead atoms. The number of carbonyl (C=O) groups is 2. The molecule has 28 heavy (non-hydrogen) atoms. The molecule has 0 fully saturated rings. The standard InChI is InChI=1S/C19H18Cl2N2O5/c1-26-15-7-3-12(9-17(15)27-2)4-8-18(24)22-23-19(25)11-28-16-10-13(20)5-6-14(16)21/h3-10H,11H2,1-2H3,(H,22,24)(H,23,25)/b8-4+. The third-order valence-electron chi connectivity index (χ3n) is 3.41. The third kappa shape index (κ3) is 6.37. The van der Waals surface area contributed by atoms with Crippen LogP contribution in [0.3, 0.4) is 0 Å². The van der Waals surface area contributed by atoms with E-state index in [-0.39, 0.29) is 12.4 Å². The molecule has 2 N–H and O–H groups in total. The normalized spacial score (nSPS) is 10.4. The van der Waals surface area contributed by atoms with E-state index in [0.717, 1.165) is 5.56 Å². The lowest BCUT2D eigenvalue weighted by atomic mass is 10.2. The number of hydrogen-bond acceptors (Lipinski definition) is 5. The van der Waals surface area contributed by atoms with E-state index in [9.17, 15) is 9.59 Å². The molecule has 7 nitrogen and oxygen atoms in total. The number of benzene rings is 2. The van der Waals surface area contributed by atoms with Crippen LogP contribution < -0.4 is 25.1 Å². The molecule has 0 aromatic heterocycles. The first-order chi connectivity index (χ1) is 13.4. The fourth-order valence-corrected chi connectivity index (χ4v) is 2.40. The van der Waals surface area contributed by atoms with Crippen LogP contribution in [0.1, 0.15) is 5.56 Å². The lowest BCUT2D eigenvalue weighted by Crippen LogP contribution is -2.43. The number of nitrogens with one attached hydrogen (secondary N) is 2. The van der Waals surface area contributed by atoms with E-state index in [1.54, 1.807) is 36.4 Å². The molecule has 2 aromatic carbocycles. The van der Waals surface area contributed by atoms with Crippen molar-refractivity contribution in [3.05, 3.63) is 58.1 Å². The second kappa shape index (κ2) is 10.4. The Kier molecular flexibility index (Phi) is 7.98. The lowest BCUT2D eigenvalue weighted by Gasteiger charge is -2.09. The van der Waals surface area contributed by atoms with Gasteiger partial charge in [-0.2, -0.15) is 0 Å². The van der Waals surface area contributed by atoms with Crippen molar-refractivity contribution in [1.82, 2.24) is 10.9 Å². The Bertz CT molecular complexity index is 887. The molecular formula is C19H18Cl2N2O5. The highest BCUT2D eigenvalue weighted by atomic mass is 35.5. The molecule has 0 saturated heterocycles. The second-order valence-corrected chi connectivity index (χ2v) is 6.19. The van der Waals surface area contributed by atoms with Gasteiger partial charge in [0.05, 0.1) is 19.2 Å². The van der Waals surface area contributed by atoms with Crippen LogP contribution in [0.5, 0.6) is 17.2 Å². The van der Waals surface area contributed by atoms with Crippen LogP contribution in [0.15, 0.2) is 42.5 Å². The van der Waals surface area contributed by atoms with Crippen LogP contribution in [0.25, 0.3) is 6.08 Å². The summed E-state index contributed by atoms with van der Waals surface area (Å²) in [5, 5.41) is 0.743. The minimum atomic E-state index is -0.566. The summed E-state index contributed by atoms with van der Waals surface area (Å²) in [6.07, 6.45) is 2.82. The molecule has 2 aromatic rings. The number of rotatable bonds is 7. The summed E-state index contributed by atoms with van der Waals surface area (Å²) in [4.78, 5) is 23.6. The van der Waals surface area contributed by atoms with E-state index in [0.29, 0.717) is 21.5 Å². The molecule has 0 saturated carbocycles. The Labute approximate surface area is 172 Å². The number of amides is 2. The Balaban J connectivity index is 1.82. The van der Waals surface area contributed by atoms with Crippen molar-refractivity contribution in [2.45, 2.75) is 0 Å². The minimum Gasteiger partial charge on any atom is -0.493 e. The first kappa shape index (κ1) is 21.4. The van der Waals surface area contributed by atoms with Gasteiger partial charge in [-0.1, -0.05) is 29.3 Å². The van der Waals surface area contributed by atoms with E-state index in [2.05, 4.69) is 10.9 Å². The van der Waals surface area contributed by atoms with Crippen molar-refractivity contribution >= 4 is 41.1 Å². The van der Waals surface area contributed by atoms with Crippen molar-refractivity contribution < 1.29 is 23.8 Å². The molecule has 0 unspecified atom stereocenters. The molecule has 0 heterocycles. The Morgan fingerprint density at radius 1 is 0.964 bits per heavy atom. The SMILES string of the molecule is COc1ccc(/C=C/C(=O)NNC(=O)COc2cc(Cl)ccc2Cl)cc1OC. The maximum Gasteiger partial charge on any atom is 0.276 e. The van der Waals surface area contributed by atoms with Gasteiger partial charge in [-0.25, -0.2) is 0 Å². The molecule has 0 atom stereocenters. The quantitative estimate of drug-likeness (QED) is 0.526. The summed E-state index contributed by atoms with van der Waals surface area (Å²) < 4.78 is 15.6. The summed E-state index contributed by atoms with van der Waals surface area (Å²) in [5.74, 6) is 0.295. The number of hydrazine groups is 1. The van der Waals surface area contributed by atoms with Gasteiger partial charge in [-0.3, -0.25) is 20.4 Å². The topological polar surface area (TPSA) is 85.9 Å². The predicted octanol–water partition coefficient (Wildman–Crippen LogP) is 3.25. The fourth-order valence-electron chi connectivity index (χ4n) is 2.07. The molecule has 148 valence electrons. The number of carbonyl (C=O) groups excluding carboxylic acids is 2. The zero-order valence-electron chi connectivity index (χ0n) is 15.1. The molecule has 0 spiro atoms. The molecule has 0 aliphatic rings. The predicted molar refractivity (Wildman–Crippen MR) is 107 cm³/mol. The third-order valence-corrected chi connectivity index (χ3v) is 3.96. The van der Waals surface area contributed by atoms with Crippen LogP contribution in [0.4, 0.5) is 0 Å². The maximum absolute atomic E-state index is 11.8. The van der Waals surface area contributed by atoms with Crippen molar-refractivity contribution in [1.29, 1.82) is 0 Å². The smallest absolute Gasteiger partial charge is 0.276 e. The average Bonchev–Trinajstić information content (AvgIpc) is 2.70. The second-order valence-electron chi connectivity index (χ2n) is 5.35. The summed E-state index contributed by atoms with van der Waals surface area (Å²) in [6, 6.07) is 9.83. The first-order valence-corrected chi connectivity index (χ1v) is 8.75. The van der Waals surface area contributed by atoms with E-state index in [1.807, 2.05) is 0 Å². The lowest BCUT2D eigenvalue weighted by molar-refractivity contribution is -0.128. The Morgan fingerprint density at radius 3 is 2.43 bits per heavy atom. The molecule has 0 aliphatic heterocycles. The van der Waals surface area contributed by atoms with Crippen LogP contribution in [-0.2, 0) is 9.59 Å². The van der Waals surface area contributed by atoms with Gasteiger partial charge in [0.25, 0.3) is 11.8 Å². The number of hydrogen-bond donors (Lipinski definition) is 2. The monoisotopic (exact) mass is 424 g/mol. The van der Waals surface area contributed by atoms with Gasteiger partial charge in [0.15, 0.2) is 18.1 Å². The molecule has 2 rings (SSSR count). The highest BCUT2D eigenvalue weighted by Crippen LogP contribution is 2.28. The summed E-state index contributed by atoms with van der Waals surface area (Å²) in [6.45, 7) is -0.347. The molecule has 0 radical (unpaired) electrons. The van der Waals surface area contributed by atoms with Gasteiger partial charge in [0, 0.05) is 17.2 Å². The highest BCUT2D eigenvalue weighted by molar-refractivity contribution is 6.34. The van der Waals surface area contributed by atoms with E-state index >= 15 is 0 Å². The largest absolute Gasteiger partial charge is 0.493 e. The molecular weight excluding hydrogens is 407 g/mol. The van der Waals surface area contributed by atoms with Crippen LogP contribution in [-0.4, -0.2) is 32.6 Å². The van der Waals surface area contributed by atoms with Gasteiger partial charge < -0.3 is 14.2 Å². The molecule has 0 aliphatic carbocycles. The van der Waals surface area contributed by atoms with Crippen LogP contribution in [0, 0.1) is 0 Å². The number of methoxy groups -OCH3 is 2. The van der Waals surface area contributed by atoms with Gasteiger partial charge in [0.1, 0.15) is 5.75 Å². The van der Waals surface area contributed by atoms with Gasteiger partial charge in [0.2, 0.25) is 0 Å². The van der Waals surface area contributed by atoms with Gasteiger partial charge in [-0.15, -0.1) is 0 Å². The van der Waals surface area contributed by atoms with Gasteiger partial charge >= 0.3 is 0 Å². The number of halogens is 2. The highest BCUT2D eigenvalue weighted by Gasteiger charge is 2.08. The maximum atomic E-state index is 11.8. The minimum absolute atomic E-state index is 0.268. The van der Waals surface area contributed by atoms with Crippen molar-refractivity contribution in [2.75, 3.05) is 20.8 Å². The summed E-state index contributed by atoms with van der Waals surface area (Å²) >= 11 is 11.8. The Hall–Kier alpha value is -2.90. The van der Waals surface area contributed by atoms with Crippen molar-refractivity contribution in [3.8, 4) is 17.2 Å². The van der Waals surface area contributed by atoms with Crippen LogP contribution >= 0.6 is 23.2 Å². The van der Waals surface area contributed by atoms with Crippen molar-refractivity contribution in [3.63, 3.8) is 0 Å². The van der Waals surface area contributed by atoms with Gasteiger partial charge in [-0.05, 0) is 35.9 Å². The molecule has 2 amide bonds. The van der Waals surface area contributed by atoms with Crippen LogP contribution in [0.2, 0.25) is 10.0 Å². The van der Waals surface area contributed by atoms with E-state index < -0.39 is 11.8 Å². The van der Waals surface area contributed by atoms with E-state index in [4.69, 9.17) is 37.4 Å². The Morgan fingerprint density at radius 2 is 1.71 bits per heavy atom. The zero-order chi connectivity index (χ0) is 20.5. The number of ether oxygens (including phenoxy) is 3. The average molecular weight is 425 g/mol. The van der Waals surface area contributed by atoms with E-state index in [1.165, 1.54) is 26.4 Å². The molecule has 9 heteroatoms. The summed E-state index contributed by atoms with van der Waals surface area (Å²) in [7, 11) is 3.06. The fraction of sp³-hybridized carbons (Fsp3) is 0.158. The first-order valence-electron chi connectivity index (χ1n) is 7.99. The van der Waals surface area contributed by atoms with Crippen molar-refractivity contribution in [2.24, 2.45) is 0 Å². The summed E-state index contributed by atoms with van der Waals surface area (Å²) in [5.41, 5.74) is 5.19.